The quantitative estimate of drug-likeness (QED) is 0.580. The maximum absolute atomic E-state index is 11.6. The molecule has 0 aromatic heterocycles. The number of carbonyl (C=O) groups excluding carboxylic acids is 1. The molecule has 0 radical (unpaired) electrons. The standard InChI is InChI=1S/C15H21BrO2/c1-10(2)13(8-16)9-18-15-6-5-11(3)7-14(15)12(4)17/h5-7,10,13H,8-9H2,1-4H3. The van der Waals surface area contributed by atoms with Crippen molar-refractivity contribution in [3.8, 4) is 5.75 Å². The van der Waals surface area contributed by atoms with E-state index in [2.05, 4.69) is 29.8 Å². The second-order valence-electron chi connectivity index (χ2n) is 5.03. The van der Waals surface area contributed by atoms with Gasteiger partial charge in [0.15, 0.2) is 5.78 Å². The lowest BCUT2D eigenvalue weighted by atomic mass is 9.99. The maximum Gasteiger partial charge on any atom is 0.163 e. The molecule has 0 saturated carbocycles. The van der Waals surface area contributed by atoms with E-state index < -0.39 is 0 Å². The van der Waals surface area contributed by atoms with Gasteiger partial charge in [-0.2, -0.15) is 0 Å². The first-order valence-electron chi connectivity index (χ1n) is 6.26. The fourth-order valence-electron chi connectivity index (χ4n) is 1.66. The monoisotopic (exact) mass is 312 g/mol. The number of halogens is 1. The van der Waals surface area contributed by atoms with Crippen LogP contribution in [0.3, 0.4) is 0 Å². The molecule has 1 aromatic rings. The fourth-order valence-corrected chi connectivity index (χ4v) is 2.59. The van der Waals surface area contributed by atoms with Crippen LogP contribution in [0.15, 0.2) is 18.2 Å². The predicted molar refractivity (Wildman–Crippen MR) is 78.8 cm³/mol. The lowest BCUT2D eigenvalue weighted by Crippen LogP contribution is -2.19. The summed E-state index contributed by atoms with van der Waals surface area (Å²) >= 11 is 3.50. The summed E-state index contributed by atoms with van der Waals surface area (Å²) in [5, 5.41) is 0.909. The molecule has 1 atom stereocenters. The molecule has 0 spiro atoms. The van der Waals surface area contributed by atoms with Crippen molar-refractivity contribution >= 4 is 21.7 Å². The molecule has 100 valence electrons. The van der Waals surface area contributed by atoms with Crippen molar-refractivity contribution in [2.75, 3.05) is 11.9 Å². The van der Waals surface area contributed by atoms with Gasteiger partial charge in [0.05, 0.1) is 12.2 Å². The largest absolute Gasteiger partial charge is 0.493 e. The van der Waals surface area contributed by atoms with Crippen molar-refractivity contribution in [2.45, 2.75) is 27.7 Å². The summed E-state index contributed by atoms with van der Waals surface area (Å²) in [4.78, 5) is 11.6. The van der Waals surface area contributed by atoms with Crippen LogP contribution in [0.4, 0.5) is 0 Å². The van der Waals surface area contributed by atoms with Crippen LogP contribution >= 0.6 is 15.9 Å². The van der Waals surface area contributed by atoms with Gasteiger partial charge in [0.25, 0.3) is 0 Å². The first-order valence-corrected chi connectivity index (χ1v) is 7.38. The number of hydrogen-bond donors (Lipinski definition) is 0. The smallest absolute Gasteiger partial charge is 0.163 e. The molecule has 2 nitrogen and oxygen atoms in total. The van der Waals surface area contributed by atoms with Crippen LogP contribution < -0.4 is 4.74 Å². The predicted octanol–water partition coefficient (Wildman–Crippen LogP) is 4.24. The van der Waals surface area contributed by atoms with Crippen LogP contribution in [0, 0.1) is 18.8 Å². The van der Waals surface area contributed by atoms with E-state index in [0.29, 0.717) is 29.8 Å². The first-order chi connectivity index (χ1) is 8.45. The van der Waals surface area contributed by atoms with Gasteiger partial charge in [0.2, 0.25) is 0 Å². The van der Waals surface area contributed by atoms with Gasteiger partial charge in [-0.1, -0.05) is 41.4 Å². The fraction of sp³-hybridized carbons (Fsp3) is 0.533. The van der Waals surface area contributed by atoms with E-state index >= 15 is 0 Å². The van der Waals surface area contributed by atoms with Gasteiger partial charge in [0.1, 0.15) is 5.75 Å². The number of benzene rings is 1. The molecular weight excluding hydrogens is 292 g/mol. The molecule has 0 amide bonds. The average molecular weight is 313 g/mol. The summed E-state index contributed by atoms with van der Waals surface area (Å²) in [6.07, 6.45) is 0. The highest BCUT2D eigenvalue weighted by Gasteiger charge is 2.15. The number of Topliss-reactive ketones (excluding diaryl/α,β-unsaturated/α-hetero) is 1. The topological polar surface area (TPSA) is 26.3 Å². The molecule has 0 aliphatic rings. The Balaban J connectivity index is 2.81. The molecule has 0 aliphatic heterocycles. The third-order valence-corrected chi connectivity index (χ3v) is 3.94. The lowest BCUT2D eigenvalue weighted by Gasteiger charge is -2.19. The van der Waals surface area contributed by atoms with E-state index in [1.54, 1.807) is 6.92 Å². The van der Waals surface area contributed by atoms with Gasteiger partial charge < -0.3 is 4.74 Å². The molecule has 18 heavy (non-hydrogen) atoms. The summed E-state index contributed by atoms with van der Waals surface area (Å²) in [6, 6.07) is 5.74. The molecule has 1 rings (SSSR count). The van der Waals surface area contributed by atoms with Crippen molar-refractivity contribution in [3.05, 3.63) is 29.3 Å². The molecule has 0 aliphatic carbocycles. The van der Waals surface area contributed by atoms with E-state index in [4.69, 9.17) is 4.74 Å². The van der Waals surface area contributed by atoms with Crippen molar-refractivity contribution in [2.24, 2.45) is 11.8 Å². The molecule has 0 fully saturated rings. The van der Waals surface area contributed by atoms with Crippen LogP contribution in [0.2, 0.25) is 0 Å². The number of ketones is 1. The molecule has 0 heterocycles. The summed E-state index contributed by atoms with van der Waals surface area (Å²) in [5.74, 6) is 1.75. The number of carbonyl (C=O) groups is 1. The minimum absolute atomic E-state index is 0.0497. The van der Waals surface area contributed by atoms with Crippen LogP contribution in [-0.2, 0) is 0 Å². The highest BCUT2D eigenvalue weighted by molar-refractivity contribution is 9.09. The van der Waals surface area contributed by atoms with Crippen molar-refractivity contribution in [1.82, 2.24) is 0 Å². The van der Waals surface area contributed by atoms with E-state index in [1.807, 2.05) is 25.1 Å². The second-order valence-corrected chi connectivity index (χ2v) is 5.67. The van der Waals surface area contributed by atoms with Crippen LogP contribution in [0.25, 0.3) is 0 Å². The van der Waals surface area contributed by atoms with Crippen molar-refractivity contribution in [3.63, 3.8) is 0 Å². The molecule has 0 bridgehead atoms. The van der Waals surface area contributed by atoms with Crippen molar-refractivity contribution < 1.29 is 9.53 Å². The lowest BCUT2D eigenvalue weighted by molar-refractivity contribution is 0.101. The Labute approximate surface area is 118 Å². The zero-order valence-corrected chi connectivity index (χ0v) is 13.1. The van der Waals surface area contributed by atoms with E-state index in [-0.39, 0.29) is 5.78 Å². The highest BCUT2D eigenvalue weighted by Crippen LogP contribution is 2.23. The first kappa shape index (κ1) is 15.2. The van der Waals surface area contributed by atoms with Gasteiger partial charge in [0, 0.05) is 11.2 Å². The number of alkyl halides is 1. The molecule has 3 heteroatoms. The Hall–Kier alpha value is -0.830. The van der Waals surface area contributed by atoms with E-state index in [9.17, 15) is 4.79 Å². The van der Waals surface area contributed by atoms with Crippen molar-refractivity contribution in [1.29, 1.82) is 0 Å². The van der Waals surface area contributed by atoms with E-state index in [0.717, 1.165) is 10.9 Å². The van der Waals surface area contributed by atoms with Gasteiger partial charge in [-0.15, -0.1) is 0 Å². The molecule has 0 N–H and O–H groups in total. The van der Waals surface area contributed by atoms with E-state index in [1.165, 1.54) is 0 Å². The number of aryl methyl sites for hydroxylation is 1. The van der Waals surface area contributed by atoms with Crippen LogP contribution in [0.1, 0.15) is 36.7 Å². The molecule has 0 saturated heterocycles. The summed E-state index contributed by atoms with van der Waals surface area (Å²) < 4.78 is 5.82. The molecule has 1 unspecified atom stereocenters. The zero-order chi connectivity index (χ0) is 13.7. The summed E-state index contributed by atoms with van der Waals surface area (Å²) in [7, 11) is 0. The molecule has 1 aromatic carbocycles. The second kappa shape index (κ2) is 6.93. The third kappa shape index (κ3) is 4.13. The Kier molecular flexibility index (Phi) is 5.86. The Morgan fingerprint density at radius 3 is 2.56 bits per heavy atom. The summed E-state index contributed by atoms with van der Waals surface area (Å²) in [5.41, 5.74) is 1.75. The Morgan fingerprint density at radius 2 is 2.06 bits per heavy atom. The number of ether oxygens (including phenoxy) is 1. The highest BCUT2D eigenvalue weighted by atomic mass is 79.9. The average Bonchev–Trinajstić information content (AvgIpc) is 2.30. The van der Waals surface area contributed by atoms with Gasteiger partial charge in [-0.3, -0.25) is 4.79 Å². The third-order valence-electron chi connectivity index (χ3n) is 3.11. The minimum atomic E-state index is 0.0497. The van der Waals surface area contributed by atoms with Crippen LogP contribution in [0.5, 0.6) is 5.75 Å². The number of hydrogen-bond acceptors (Lipinski definition) is 2. The van der Waals surface area contributed by atoms with Gasteiger partial charge in [-0.05, 0) is 31.9 Å². The molecular formula is C15H21BrO2. The maximum atomic E-state index is 11.6. The van der Waals surface area contributed by atoms with Gasteiger partial charge >= 0.3 is 0 Å². The zero-order valence-electron chi connectivity index (χ0n) is 11.5. The summed E-state index contributed by atoms with van der Waals surface area (Å²) in [6.45, 7) is 8.54. The Bertz CT molecular complexity index is 413. The minimum Gasteiger partial charge on any atom is -0.493 e. The Morgan fingerprint density at radius 1 is 1.39 bits per heavy atom. The SMILES string of the molecule is CC(=O)c1cc(C)ccc1OCC(CBr)C(C)C. The van der Waals surface area contributed by atoms with Crippen LogP contribution in [-0.4, -0.2) is 17.7 Å². The number of rotatable bonds is 6. The van der Waals surface area contributed by atoms with Gasteiger partial charge in [-0.25, -0.2) is 0 Å². The normalized spacial score (nSPS) is 12.6.